The van der Waals surface area contributed by atoms with Gasteiger partial charge in [-0.15, -0.1) is 0 Å². The van der Waals surface area contributed by atoms with Gasteiger partial charge in [0.2, 0.25) is 0 Å². The molecule has 0 radical (unpaired) electrons. The van der Waals surface area contributed by atoms with Crippen LogP contribution in [0.15, 0.2) is 30.4 Å². The van der Waals surface area contributed by atoms with Gasteiger partial charge in [-0.05, 0) is 47.4 Å². The number of hydrogen-bond acceptors (Lipinski definition) is 2. The van der Waals surface area contributed by atoms with Gasteiger partial charge < -0.3 is 10.2 Å². The molecule has 0 spiro atoms. The van der Waals surface area contributed by atoms with E-state index in [1.807, 2.05) is 25.1 Å². The van der Waals surface area contributed by atoms with Crippen LogP contribution in [-0.2, 0) is 4.79 Å². The van der Waals surface area contributed by atoms with Gasteiger partial charge in [0.05, 0.1) is 6.10 Å². The van der Waals surface area contributed by atoms with Crippen LogP contribution in [0.25, 0.3) is 6.08 Å². The molecule has 0 saturated heterocycles. The van der Waals surface area contributed by atoms with Gasteiger partial charge in [-0.2, -0.15) is 0 Å². The molecular weight excluding hydrogens is 264 g/mol. The Kier molecular flexibility index (Phi) is 4.63. The van der Waals surface area contributed by atoms with Crippen molar-refractivity contribution in [2.24, 2.45) is 5.92 Å². The Hall–Kier alpha value is -1.87. The van der Waals surface area contributed by atoms with Crippen LogP contribution in [0.2, 0.25) is 0 Å². The Morgan fingerprint density at radius 1 is 1.29 bits per heavy atom. The summed E-state index contributed by atoms with van der Waals surface area (Å²) in [6.45, 7) is 6.30. The molecule has 0 bridgehead atoms. The standard InChI is InChI=1S/C18H22O3/c1-11-8-9-15-17(12(2)10-13(3)18(15)21)14(11)6-4-5-7-16(19)20/h4-9,12-13,18,21H,10H2,1-3H3,(H,19,20)/t12-,13-,18-/m1/s1. The van der Waals surface area contributed by atoms with Crippen LogP contribution in [0, 0.1) is 12.8 Å². The molecule has 0 heterocycles. The molecule has 3 nitrogen and oxygen atoms in total. The van der Waals surface area contributed by atoms with E-state index in [2.05, 4.69) is 13.8 Å². The van der Waals surface area contributed by atoms with Gasteiger partial charge in [0.15, 0.2) is 0 Å². The predicted octanol–water partition coefficient (Wildman–Crippen LogP) is 3.83. The minimum absolute atomic E-state index is 0.263. The summed E-state index contributed by atoms with van der Waals surface area (Å²) in [5.41, 5.74) is 4.44. The summed E-state index contributed by atoms with van der Waals surface area (Å²) in [7, 11) is 0. The molecule has 0 unspecified atom stereocenters. The average Bonchev–Trinajstić information content (AvgIpc) is 2.42. The fourth-order valence-corrected chi connectivity index (χ4v) is 3.19. The molecule has 1 aromatic rings. The maximum Gasteiger partial charge on any atom is 0.328 e. The van der Waals surface area contributed by atoms with Crippen LogP contribution in [-0.4, -0.2) is 16.2 Å². The van der Waals surface area contributed by atoms with Gasteiger partial charge in [-0.3, -0.25) is 0 Å². The topological polar surface area (TPSA) is 57.5 Å². The van der Waals surface area contributed by atoms with E-state index in [1.54, 1.807) is 6.08 Å². The number of aryl methyl sites for hydroxylation is 1. The number of carbonyl (C=O) groups is 1. The van der Waals surface area contributed by atoms with E-state index in [4.69, 9.17) is 5.11 Å². The maximum absolute atomic E-state index is 10.5. The van der Waals surface area contributed by atoms with Crippen molar-refractivity contribution in [2.75, 3.05) is 0 Å². The van der Waals surface area contributed by atoms with Crippen LogP contribution in [0.4, 0.5) is 0 Å². The first-order valence-electron chi connectivity index (χ1n) is 7.31. The summed E-state index contributed by atoms with van der Waals surface area (Å²) in [4.78, 5) is 10.5. The highest BCUT2D eigenvalue weighted by atomic mass is 16.4. The normalized spacial score (nSPS) is 25.4. The van der Waals surface area contributed by atoms with Crippen molar-refractivity contribution in [3.8, 4) is 0 Å². The molecule has 1 aliphatic rings. The summed E-state index contributed by atoms with van der Waals surface area (Å²) in [5, 5.41) is 19.0. The van der Waals surface area contributed by atoms with Crippen molar-refractivity contribution in [2.45, 2.75) is 39.2 Å². The van der Waals surface area contributed by atoms with E-state index in [-0.39, 0.29) is 5.92 Å². The highest BCUT2D eigenvalue weighted by molar-refractivity contribution is 5.80. The predicted molar refractivity (Wildman–Crippen MR) is 84.1 cm³/mol. The highest BCUT2D eigenvalue weighted by Crippen LogP contribution is 2.43. The molecule has 0 amide bonds. The van der Waals surface area contributed by atoms with Crippen LogP contribution >= 0.6 is 0 Å². The zero-order chi connectivity index (χ0) is 15.6. The van der Waals surface area contributed by atoms with E-state index in [9.17, 15) is 9.90 Å². The van der Waals surface area contributed by atoms with Crippen molar-refractivity contribution >= 4 is 12.0 Å². The Bertz CT molecular complexity index is 599. The third kappa shape index (κ3) is 3.24. The number of aliphatic hydroxyl groups excluding tert-OH is 1. The third-order valence-electron chi connectivity index (χ3n) is 4.23. The Labute approximate surface area is 125 Å². The number of aliphatic carboxylic acids is 1. The van der Waals surface area contributed by atoms with E-state index in [1.165, 1.54) is 11.6 Å². The lowest BCUT2D eigenvalue weighted by atomic mass is 9.74. The first kappa shape index (κ1) is 15.5. The number of benzene rings is 1. The third-order valence-corrected chi connectivity index (χ3v) is 4.23. The lowest BCUT2D eigenvalue weighted by molar-refractivity contribution is -0.131. The number of allylic oxidation sites excluding steroid dienone is 2. The van der Waals surface area contributed by atoms with Crippen LogP contribution in [0.1, 0.15) is 54.5 Å². The van der Waals surface area contributed by atoms with E-state index in [0.717, 1.165) is 29.2 Å². The zero-order valence-corrected chi connectivity index (χ0v) is 12.7. The Morgan fingerprint density at radius 2 is 2.00 bits per heavy atom. The van der Waals surface area contributed by atoms with Crippen molar-refractivity contribution in [3.63, 3.8) is 0 Å². The Balaban J connectivity index is 2.45. The van der Waals surface area contributed by atoms with Gasteiger partial charge in [0.25, 0.3) is 0 Å². The van der Waals surface area contributed by atoms with Gasteiger partial charge >= 0.3 is 5.97 Å². The molecule has 0 fully saturated rings. The molecular formula is C18H22O3. The summed E-state index contributed by atoms with van der Waals surface area (Å²) in [6.07, 6.45) is 6.86. The number of fused-ring (bicyclic) bond motifs is 1. The molecule has 0 aromatic heterocycles. The zero-order valence-electron chi connectivity index (χ0n) is 12.7. The first-order chi connectivity index (χ1) is 9.91. The molecule has 2 rings (SSSR count). The van der Waals surface area contributed by atoms with Gasteiger partial charge in [-0.25, -0.2) is 4.79 Å². The molecule has 3 atom stereocenters. The lowest BCUT2D eigenvalue weighted by Crippen LogP contribution is -2.21. The molecule has 21 heavy (non-hydrogen) atoms. The molecule has 2 N–H and O–H groups in total. The van der Waals surface area contributed by atoms with Crippen LogP contribution < -0.4 is 0 Å². The fourth-order valence-electron chi connectivity index (χ4n) is 3.19. The summed E-state index contributed by atoms with van der Waals surface area (Å²) in [5.74, 6) is -0.301. The SMILES string of the molecule is Cc1ccc2c(c1C=CC=CC(=O)O)[C@H](C)C[C@@H](C)[C@H]2O. The largest absolute Gasteiger partial charge is 0.478 e. The molecule has 1 aromatic carbocycles. The fraction of sp³-hybridized carbons (Fsp3) is 0.389. The number of aliphatic hydroxyl groups is 1. The number of hydrogen-bond donors (Lipinski definition) is 2. The lowest BCUT2D eigenvalue weighted by Gasteiger charge is -2.33. The number of carboxylic acids is 1. The molecule has 3 heteroatoms. The van der Waals surface area contributed by atoms with Crippen molar-refractivity contribution in [3.05, 3.63) is 52.6 Å². The van der Waals surface area contributed by atoms with Gasteiger partial charge in [-0.1, -0.05) is 44.2 Å². The second kappa shape index (κ2) is 6.27. The Morgan fingerprint density at radius 3 is 2.67 bits per heavy atom. The molecule has 0 aliphatic heterocycles. The van der Waals surface area contributed by atoms with Crippen molar-refractivity contribution in [1.82, 2.24) is 0 Å². The molecule has 1 aliphatic carbocycles. The minimum Gasteiger partial charge on any atom is -0.478 e. The molecule has 0 saturated carbocycles. The number of carboxylic acid groups (broad SMARTS) is 1. The second-order valence-corrected chi connectivity index (χ2v) is 5.91. The van der Waals surface area contributed by atoms with E-state index in [0.29, 0.717) is 5.92 Å². The second-order valence-electron chi connectivity index (χ2n) is 5.91. The quantitative estimate of drug-likeness (QED) is 0.656. The smallest absolute Gasteiger partial charge is 0.328 e. The minimum atomic E-state index is -0.955. The van der Waals surface area contributed by atoms with Crippen molar-refractivity contribution < 1.29 is 15.0 Å². The van der Waals surface area contributed by atoms with Crippen molar-refractivity contribution in [1.29, 1.82) is 0 Å². The summed E-state index contributed by atoms with van der Waals surface area (Å²) >= 11 is 0. The highest BCUT2D eigenvalue weighted by Gasteiger charge is 2.30. The van der Waals surface area contributed by atoms with Gasteiger partial charge in [0, 0.05) is 6.08 Å². The summed E-state index contributed by atoms with van der Waals surface area (Å²) in [6, 6.07) is 4.04. The first-order valence-corrected chi connectivity index (χ1v) is 7.31. The van der Waals surface area contributed by atoms with Gasteiger partial charge in [0.1, 0.15) is 0 Å². The van der Waals surface area contributed by atoms with Crippen LogP contribution in [0.5, 0.6) is 0 Å². The van der Waals surface area contributed by atoms with Crippen LogP contribution in [0.3, 0.4) is 0 Å². The summed E-state index contributed by atoms with van der Waals surface area (Å²) < 4.78 is 0. The monoisotopic (exact) mass is 286 g/mol. The number of rotatable bonds is 3. The average molecular weight is 286 g/mol. The van der Waals surface area contributed by atoms with E-state index < -0.39 is 12.1 Å². The molecule has 112 valence electrons. The maximum atomic E-state index is 10.5. The van der Waals surface area contributed by atoms with E-state index >= 15 is 0 Å².